The van der Waals surface area contributed by atoms with Crippen molar-refractivity contribution in [2.75, 3.05) is 20.0 Å². The molecular formula is C16H14F2O5S. The van der Waals surface area contributed by atoms with Crippen molar-refractivity contribution in [3.05, 3.63) is 53.6 Å². The molecule has 0 heterocycles. The molecule has 0 fully saturated rings. The van der Waals surface area contributed by atoms with Crippen molar-refractivity contribution in [1.29, 1.82) is 0 Å². The molecule has 0 aliphatic heterocycles. The average Bonchev–Trinajstić information content (AvgIpc) is 2.53. The van der Waals surface area contributed by atoms with E-state index in [9.17, 15) is 22.0 Å². The highest BCUT2D eigenvalue weighted by Gasteiger charge is 2.24. The summed E-state index contributed by atoms with van der Waals surface area (Å²) < 4.78 is 61.0. The first-order valence-corrected chi connectivity index (χ1v) is 8.36. The highest BCUT2D eigenvalue weighted by molar-refractivity contribution is 7.92. The SMILES string of the molecule is COc1ccc(C(=O)CS(=O)(=O)c2ccc(F)cc2F)cc1OC. The zero-order valence-corrected chi connectivity index (χ0v) is 13.7. The normalized spacial score (nSPS) is 11.2. The molecule has 0 aliphatic rings. The Morgan fingerprint density at radius 3 is 2.25 bits per heavy atom. The monoisotopic (exact) mass is 356 g/mol. The number of sulfone groups is 1. The Labute approximate surface area is 137 Å². The molecule has 0 radical (unpaired) electrons. The maximum absolute atomic E-state index is 13.6. The van der Waals surface area contributed by atoms with Crippen molar-refractivity contribution in [3.63, 3.8) is 0 Å². The van der Waals surface area contributed by atoms with Crippen molar-refractivity contribution in [3.8, 4) is 11.5 Å². The van der Waals surface area contributed by atoms with Crippen LogP contribution in [0.1, 0.15) is 10.4 Å². The van der Waals surface area contributed by atoms with E-state index in [-0.39, 0.29) is 11.3 Å². The predicted octanol–water partition coefficient (Wildman–Crippen LogP) is 2.64. The fraction of sp³-hybridized carbons (Fsp3) is 0.188. The van der Waals surface area contributed by atoms with Crippen LogP contribution in [0.5, 0.6) is 11.5 Å². The molecule has 2 aromatic carbocycles. The van der Waals surface area contributed by atoms with E-state index in [1.165, 1.54) is 32.4 Å². The van der Waals surface area contributed by atoms with E-state index in [1.54, 1.807) is 0 Å². The molecule has 0 aromatic heterocycles. The second-order valence-electron chi connectivity index (χ2n) is 4.83. The predicted molar refractivity (Wildman–Crippen MR) is 82.3 cm³/mol. The van der Waals surface area contributed by atoms with Crippen molar-refractivity contribution >= 4 is 15.6 Å². The lowest BCUT2D eigenvalue weighted by Crippen LogP contribution is -2.17. The number of hydrogen-bond donors (Lipinski definition) is 0. The van der Waals surface area contributed by atoms with Crippen LogP contribution in [0.15, 0.2) is 41.3 Å². The molecule has 0 spiro atoms. The van der Waals surface area contributed by atoms with Crippen LogP contribution >= 0.6 is 0 Å². The fourth-order valence-electron chi connectivity index (χ4n) is 2.07. The molecule has 24 heavy (non-hydrogen) atoms. The molecular weight excluding hydrogens is 342 g/mol. The Bertz CT molecular complexity index is 878. The number of hydrogen-bond acceptors (Lipinski definition) is 5. The largest absolute Gasteiger partial charge is 0.493 e. The Morgan fingerprint density at radius 1 is 1.00 bits per heavy atom. The van der Waals surface area contributed by atoms with Gasteiger partial charge >= 0.3 is 0 Å². The lowest BCUT2D eigenvalue weighted by molar-refractivity contribution is 0.102. The van der Waals surface area contributed by atoms with Gasteiger partial charge in [-0.3, -0.25) is 4.79 Å². The van der Waals surface area contributed by atoms with Crippen LogP contribution in [0.3, 0.4) is 0 Å². The second-order valence-corrected chi connectivity index (χ2v) is 6.78. The molecule has 0 N–H and O–H groups in total. The van der Waals surface area contributed by atoms with Crippen LogP contribution in [0.25, 0.3) is 0 Å². The van der Waals surface area contributed by atoms with Gasteiger partial charge in [0.05, 0.1) is 14.2 Å². The van der Waals surface area contributed by atoms with Gasteiger partial charge in [-0.15, -0.1) is 0 Å². The zero-order chi connectivity index (χ0) is 17.9. The molecule has 5 nitrogen and oxygen atoms in total. The van der Waals surface area contributed by atoms with Gasteiger partial charge in [-0.25, -0.2) is 17.2 Å². The quantitative estimate of drug-likeness (QED) is 0.588. The fourth-order valence-corrected chi connectivity index (χ4v) is 3.37. The van der Waals surface area contributed by atoms with Crippen LogP contribution in [-0.4, -0.2) is 34.2 Å². The Balaban J connectivity index is 2.31. The Morgan fingerprint density at radius 2 is 1.67 bits per heavy atom. The first kappa shape index (κ1) is 17.9. The first-order valence-electron chi connectivity index (χ1n) is 6.71. The zero-order valence-electron chi connectivity index (χ0n) is 12.9. The molecule has 0 bridgehead atoms. The number of benzene rings is 2. The molecule has 0 saturated heterocycles. The van der Waals surface area contributed by atoms with Gasteiger partial charge < -0.3 is 9.47 Å². The van der Waals surface area contributed by atoms with Gasteiger partial charge in [0.15, 0.2) is 27.1 Å². The van der Waals surface area contributed by atoms with Gasteiger partial charge in [0.25, 0.3) is 0 Å². The summed E-state index contributed by atoms with van der Waals surface area (Å²) in [5, 5.41) is 0. The summed E-state index contributed by atoms with van der Waals surface area (Å²) in [6.07, 6.45) is 0. The molecule has 0 saturated carbocycles. The number of methoxy groups -OCH3 is 2. The maximum Gasteiger partial charge on any atom is 0.188 e. The van der Waals surface area contributed by atoms with E-state index in [0.29, 0.717) is 11.8 Å². The third-order valence-corrected chi connectivity index (χ3v) is 4.90. The minimum atomic E-state index is -4.25. The Hall–Kier alpha value is -2.48. The lowest BCUT2D eigenvalue weighted by Gasteiger charge is -2.09. The van der Waals surface area contributed by atoms with Crippen molar-refractivity contribution < 1.29 is 31.5 Å². The van der Waals surface area contributed by atoms with Gasteiger partial charge in [-0.05, 0) is 30.3 Å². The van der Waals surface area contributed by atoms with Crippen LogP contribution < -0.4 is 9.47 Å². The van der Waals surface area contributed by atoms with Gasteiger partial charge in [0, 0.05) is 11.6 Å². The summed E-state index contributed by atoms with van der Waals surface area (Å²) in [6.45, 7) is 0. The number of ether oxygens (including phenoxy) is 2. The molecule has 0 aliphatic carbocycles. The highest BCUT2D eigenvalue weighted by Crippen LogP contribution is 2.28. The number of carbonyl (C=O) groups excluding carboxylic acids is 1. The number of ketones is 1. The van der Waals surface area contributed by atoms with Crippen molar-refractivity contribution in [1.82, 2.24) is 0 Å². The molecule has 2 rings (SSSR count). The molecule has 128 valence electrons. The third-order valence-electron chi connectivity index (χ3n) is 3.26. The van der Waals surface area contributed by atoms with E-state index < -0.39 is 37.9 Å². The molecule has 0 unspecified atom stereocenters. The summed E-state index contributed by atoms with van der Waals surface area (Å²) in [4.78, 5) is 11.5. The topological polar surface area (TPSA) is 69.7 Å². The summed E-state index contributed by atoms with van der Waals surface area (Å²) >= 11 is 0. The summed E-state index contributed by atoms with van der Waals surface area (Å²) in [5.41, 5.74) is 0.0683. The van der Waals surface area contributed by atoms with Gasteiger partial charge in [0.1, 0.15) is 22.3 Å². The van der Waals surface area contributed by atoms with Crippen LogP contribution in [0.2, 0.25) is 0 Å². The lowest BCUT2D eigenvalue weighted by atomic mass is 10.1. The van der Waals surface area contributed by atoms with E-state index >= 15 is 0 Å². The third kappa shape index (κ3) is 3.70. The van der Waals surface area contributed by atoms with Crippen LogP contribution in [0.4, 0.5) is 8.78 Å². The minimum absolute atomic E-state index is 0.0683. The highest BCUT2D eigenvalue weighted by atomic mass is 32.2. The molecule has 2 aromatic rings. The van der Waals surface area contributed by atoms with E-state index in [2.05, 4.69) is 0 Å². The van der Waals surface area contributed by atoms with Crippen molar-refractivity contribution in [2.45, 2.75) is 4.90 Å². The van der Waals surface area contributed by atoms with Crippen molar-refractivity contribution in [2.24, 2.45) is 0 Å². The number of rotatable bonds is 6. The van der Waals surface area contributed by atoms with Gasteiger partial charge in [-0.2, -0.15) is 0 Å². The van der Waals surface area contributed by atoms with E-state index in [0.717, 1.165) is 12.1 Å². The van der Waals surface area contributed by atoms with E-state index in [4.69, 9.17) is 9.47 Å². The van der Waals surface area contributed by atoms with Crippen LogP contribution in [0, 0.1) is 11.6 Å². The first-order chi connectivity index (χ1) is 11.3. The minimum Gasteiger partial charge on any atom is -0.493 e. The average molecular weight is 356 g/mol. The summed E-state index contributed by atoms with van der Waals surface area (Å²) in [6, 6.07) is 6.22. The molecule has 0 amide bonds. The van der Waals surface area contributed by atoms with Gasteiger partial charge in [-0.1, -0.05) is 0 Å². The van der Waals surface area contributed by atoms with Crippen LogP contribution in [-0.2, 0) is 9.84 Å². The Kier molecular flexibility index (Phi) is 5.18. The maximum atomic E-state index is 13.6. The summed E-state index contributed by atoms with van der Waals surface area (Å²) in [5.74, 6) is -3.21. The van der Waals surface area contributed by atoms with Gasteiger partial charge in [0.2, 0.25) is 0 Å². The van der Waals surface area contributed by atoms with E-state index in [1.807, 2.05) is 0 Å². The second kappa shape index (κ2) is 6.96. The number of Topliss-reactive ketones (excluding diaryl/α,β-unsaturated/α-hetero) is 1. The number of carbonyl (C=O) groups is 1. The number of halogens is 2. The molecule has 8 heteroatoms. The molecule has 0 atom stereocenters. The standard InChI is InChI=1S/C16H14F2O5S/c1-22-14-5-3-10(7-15(14)23-2)13(19)9-24(20,21)16-6-4-11(17)8-12(16)18/h3-8H,9H2,1-2H3. The smallest absolute Gasteiger partial charge is 0.188 e. The summed E-state index contributed by atoms with van der Waals surface area (Å²) in [7, 11) is -1.46.